The molecule has 1 aromatic carbocycles. The van der Waals surface area contributed by atoms with Crippen molar-refractivity contribution < 1.29 is 5.11 Å². The molecule has 0 heterocycles. The highest BCUT2D eigenvalue weighted by molar-refractivity contribution is 9.10. The van der Waals surface area contributed by atoms with Crippen LogP contribution < -0.4 is 0 Å². The molecule has 2 aliphatic rings. The van der Waals surface area contributed by atoms with Gasteiger partial charge in [0.15, 0.2) is 0 Å². The first-order valence-electron chi connectivity index (χ1n) is 12.1. The van der Waals surface area contributed by atoms with Crippen LogP contribution in [-0.4, -0.2) is 11.2 Å². The lowest BCUT2D eigenvalue weighted by Crippen LogP contribution is -2.20. The molecule has 2 heteroatoms. The van der Waals surface area contributed by atoms with E-state index in [4.69, 9.17) is 0 Å². The summed E-state index contributed by atoms with van der Waals surface area (Å²) in [5.41, 5.74) is 0.972. The maximum atomic E-state index is 10.3. The van der Waals surface area contributed by atoms with Gasteiger partial charge >= 0.3 is 0 Å². The molecule has 2 saturated carbocycles. The number of aliphatic hydroxyl groups is 1. The van der Waals surface area contributed by atoms with E-state index in [0.29, 0.717) is 5.92 Å². The van der Waals surface area contributed by atoms with Gasteiger partial charge in [0.2, 0.25) is 0 Å². The van der Waals surface area contributed by atoms with Gasteiger partial charge in [-0.25, -0.2) is 0 Å². The first-order chi connectivity index (χ1) is 14.1. The molecule has 160 valence electrons. The molecule has 0 saturated heterocycles. The lowest BCUT2D eigenvalue weighted by molar-refractivity contribution is 0.157. The zero-order chi connectivity index (χ0) is 20.5. The minimum Gasteiger partial charge on any atom is -0.380 e. The van der Waals surface area contributed by atoms with Crippen LogP contribution in [0.1, 0.15) is 96.0 Å². The van der Waals surface area contributed by atoms with Gasteiger partial charge in [0, 0.05) is 10.0 Å². The van der Waals surface area contributed by atoms with Crippen LogP contribution in [0.4, 0.5) is 0 Å². The number of hydrogen-bond acceptors (Lipinski definition) is 1. The largest absolute Gasteiger partial charge is 0.380 e. The van der Waals surface area contributed by atoms with Gasteiger partial charge in [-0.05, 0) is 54.4 Å². The summed E-state index contributed by atoms with van der Waals surface area (Å²) in [5.74, 6) is 9.80. The van der Waals surface area contributed by atoms with Crippen molar-refractivity contribution in [1.29, 1.82) is 0 Å². The number of rotatable bonds is 7. The van der Waals surface area contributed by atoms with E-state index in [1.165, 1.54) is 77.0 Å². The topological polar surface area (TPSA) is 20.2 Å². The second-order valence-electron chi connectivity index (χ2n) is 9.67. The van der Waals surface area contributed by atoms with Crippen LogP contribution >= 0.6 is 15.9 Å². The average molecular weight is 460 g/mol. The quantitative estimate of drug-likeness (QED) is 0.414. The van der Waals surface area contributed by atoms with Gasteiger partial charge in [0.05, 0.1) is 0 Å². The van der Waals surface area contributed by atoms with E-state index in [-0.39, 0.29) is 0 Å². The van der Waals surface area contributed by atoms with Crippen molar-refractivity contribution in [2.75, 3.05) is 0 Å². The van der Waals surface area contributed by atoms with Gasteiger partial charge in [-0.1, -0.05) is 112 Å². The summed E-state index contributed by atoms with van der Waals surface area (Å²) in [6, 6.07) is 7.97. The van der Waals surface area contributed by atoms with Crippen molar-refractivity contribution in [2.24, 2.45) is 23.7 Å². The summed E-state index contributed by atoms with van der Waals surface area (Å²) in [6.45, 7) is 2.33. The van der Waals surface area contributed by atoms with Gasteiger partial charge in [0.1, 0.15) is 6.10 Å². The van der Waals surface area contributed by atoms with Gasteiger partial charge in [-0.15, -0.1) is 0 Å². The third-order valence-corrected chi connectivity index (χ3v) is 7.93. The van der Waals surface area contributed by atoms with Crippen LogP contribution in [-0.2, 0) is 0 Å². The van der Waals surface area contributed by atoms with Crippen molar-refractivity contribution >= 4 is 15.9 Å². The summed E-state index contributed by atoms with van der Waals surface area (Å²) < 4.78 is 1.06. The average Bonchev–Trinajstić information content (AvgIpc) is 2.74. The van der Waals surface area contributed by atoms with Crippen LogP contribution in [0, 0.1) is 35.5 Å². The maximum absolute atomic E-state index is 10.3. The Morgan fingerprint density at radius 1 is 0.828 bits per heavy atom. The molecule has 0 amide bonds. The lowest BCUT2D eigenvalue weighted by Gasteiger charge is -2.32. The zero-order valence-corrected chi connectivity index (χ0v) is 19.8. The molecule has 2 aliphatic carbocycles. The first kappa shape index (κ1) is 22.9. The predicted octanol–water partition coefficient (Wildman–Crippen LogP) is 7.74. The summed E-state index contributed by atoms with van der Waals surface area (Å²) in [4.78, 5) is 0. The molecular weight excluding hydrogens is 420 g/mol. The van der Waals surface area contributed by atoms with Gasteiger partial charge < -0.3 is 5.11 Å². The lowest BCUT2D eigenvalue weighted by atomic mass is 9.74. The van der Waals surface area contributed by atoms with Crippen molar-refractivity contribution in [2.45, 2.75) is 96.5 Å². The SMILES string of the molecule is CCC[C@H]1CC[C@H](CCC2CCC(CC(O)C#Cc3ccc(Br)cc3)CC2)CC1. The Kier molecular flexibility index (Phi) is 9.60. The standard InChI is InChI=1S/C27H39BrO/c1-2-3-21-4-6-22(7-5-21)8-9-23-10-12-25(13-11-23)20-27(29)19-16-24-14-17-26(28)18-15-24/h14-15,17-18,21-23,25,27,29H,2-13,20H2,1H3/t21-,22-,23?,25?,27?. The fourth-order valence-electron chi connectivity index (χ4n) is 5.52. The van der Waals surface area contributed by atoms with Crippen molar-refractivity contribution in [1.82, 2.24) is 0 Å². The van der Waals surface area contributed by atoms with E-state index < -0.39 is 6.10 Å². The van der Waals surface area contributed by atoms with E-state index in [1.54, 1.807) is 0 Å². The molecule has 1 N–H and O–H groups in total. The molecule has 0 aliphatic heterocycles. The number of benzene rings is 1. The van der Waals surface area contributed by atoms with Gasteiger partial charge in [-0.3, -0.25) is 0 Å². The third kappa shape index (κ3) is 8.10. The third-order valence-electron chi connectivity index (χ3n) is 7.40. The normalized spacial score (nSPS) is 28.4. The second-order valence-corrected chi connectivity index (χ2v) is 10.6. The molecule has 1 nitrogen and oxygen atoms in total. The van der Waals surface area contributed by atoms with Gasteiger partial charge in [0.25, 0.3) is 0 Å². The monoisotopic (exact) mass is 458 g/mol. The highest BCUT2D eigenvalue weighted by Crippen LogP contribution is 2.38. The molecule has 1 unspecified atom stereocenters. The Balaban J connectivity index is 1.31. The van der Waals surface area contributed by atoms with Crippen molar-refractivity contribution in [3.05, 3.63) is 34.3 Å². The minimum absolute atomic E-state index is 0.487. The zero-order valence-electron chi connectivity index (χ0n) is 18.2. The Morgan fingerprint density at radius 3 is 1.83 bits per heavy atom. The van der Waals surface area contributed by atoms with Crippen LogP contribution in [0.3, 0.4) is 0 Å². The number of hydrogen-bond donors (Lipinski definition) is 1. The van der Waals surface area contributed by atoms with Gasteiger partial charge in [-0.2, -0.15) is 0 Å². The van der Waals surface area contributed by atoms with Crippen LogP contribution in [0.5, 0.6) is 0 Å². The van der Waals surface area contributed by atoms with Crippen LogP contribution in [0.25, 0.3) is 0 Å². The molecule has 0 bridgehead atoms. The summed E-state index contributed by atoms with van der Waals surface area (Å²) in [5, 5.41) is 10.3. The van der Waals surface area contributed by atoms with E-state index in [9.17, 15) is 5.11 Å². The van der Waals surface area contributed by atoms with Crippen LogP contribution in [0.15, 0.2) is 28.7 Å². The highest BCUT2D eigenvalue weighted by Gasteiger charge is 2.25. The molecule has 1 aromatic rings. The molecule has 1 atom stereocenters. The van der Waals surface area contributed by atoms with Crippen molar-refractivity contribution in [3.8, 4) is 11.8 Å². The number of halogens is 1. The minimum atomic E-state index is -0.487. The predicted molar refractivity (Wildman–Crippen MR) is 127 cm³/mol. The Labute approximate surface area is 187 Å². The van der Waals surface area contributed by atoms with E-state index in [1.807, 2.05) is 24.3 Å². The maximum Gasteiger partial charge on any atom is 0.115 e. The summed E-state index contributed by atoms with van der Waals surface area (Å²) in [7, 11) is 0. The van der Waals surface area contributed by atoms with E-state index in [0.717, 1.165) is 34.2 Å². The second kappa shape index (κ2) is 12.2. The molecule has 2 fully saturated rings. The molecule has 0 aromatic heterocycles. The fraction of sp³-hybridized carbons (Fsp3) is 0.704. The fourth-order valence-corrected chi connectivity index (χ4v) is 5.78. The first-order valence-corrected chi connectivity index (χ1v) is 12.9. The number of aliphatic hydroxyl groups excluding tert-OH is 1. The summed E-state index contributed by atoms with van der Waals surface area (Å²) >= 11 is 3.44. The summed E-state index contributed by atoms with van der Waals surface area (Å²) in [6.07, 6.45) is 17.3. The molecule has 0 spiro atoms. The smallest absolute Gasteiger partial charge is 0.115 e. The molecular formula is C27H39BrO. The molecule has 3 rings (SSSR count). The molecule has 29 heavy (non-hydrogen) atoms. The Morgan fingerprint density at radius 2 is 1.31 bits per heavy atom. The van der Waals surface area contributed by atoms with E-state index >= 15 is 0 Å². The molecule has 0 radical (unpaired) electrons. The van der Waals surface area contributed by atoms with E-state index in [2.05, 4.69) is 34.7 Å². The van der Waals surface area contributed by atoms with Crippen LogP contribution in [0.2, 0.25) is 0 Å². The van der Waals surface area contributed by atoms with Crippen molar-refractivity contribution in [3.63, 3.8) is 0 Å². The Bertz CT molecular complexity index is 639. The highest BCUT2D eigenvalue weighted by atomic mass is 79.9. The Hall–Kier alpha value is -0.780.